The summed E-state index contributed by atoms with van der Waals surface area (Å²) in [5, 5.41) is 12.6. The lowest BCUT2D eigenvalue weighted by molar-refractivity contribution is 0.0811. The Hall–Kier alpha value is -3.23. The molecule has 4 rings (SSSR count). The standard InChI is InChI=1S/C25H26N4O/c1-17-3-2-4-20(11-17)25(30)21-9-10-27-14-23(21)22(24-15-28-16-29-24)12-18-5-7-19(13-26)8-6-18/h2-8,11,15-16,21-23,27H,9-10,12,14H2,1H3,(H,28,29). The monoisotopic (exact) mass is 398 g/mol. The van der Waals surface area contributed by atoms with Crippen LogP contribution < -0.4 is 5.32 Å². The highest BCUT2D eigenvalue weighted by Gasteiger charge is 2.37. The van der Waals surface area contributed by atoms with Crippen LogP contribution in [0.1, 0.15) is 45.1 Å². The fraction of sp³-hybridized carbons (Fsp3) is 0.320. The van der Waals surface area contributed by atoms with Crippen LogP contribution in [0.4, 0.5) is 0 Å². The molecule has 2 aromatic carbocycles. The highest BCUT2D eigenvalue weighted by atomic mass is 16.1. The number of nitrogens with zero attached hydrogens (tertiary/aromatic N) is 2. The van der Waals surface area contributed by atoms with Gasteiger partial charge in [0.2, 0.25) is 0 Å². The zero-order valence-electron chi connectivity index (χ0n) is 17.1. The third-order valence-electron chi connectivity index (χ3n) is 6.14. The molecule has 5 heteroatoms. The van der Waals surface area contributed by atoms with E-state index in [4.69, 9.17) is 5.26 Å². The molecule has 0 bridgehead atoms. The summed E-state index contributed by atoms with van der Waals surface area (Å²) >= 11 is 0. The number of rotatable bonds is 6. The number of benzene rings is 2. The van der Waals surface area contributed by atoms with E-state index in [1.165, 1.54) is 0 Å². The van der Waals surface area contributed by atoms with Gasteiger partial charge in [-0.15, -0.1) is 0 Å². The fourth-order valence-corrected chi connectivity index (χ4v) is 4.57. The number of H-pyrrole nitrogens is 1. The van der Waals surface area contributed by atoms with E-state index in [0.29, 0.717) is 5.56 Å². The van der Waals surface area contributed by atoms with Crippen molar-refractivity contribution in [1.29, 1.82) is 5.26 Å². The molecule has 1 fully saturated rings. The number of carbonyl (C=O) groups is 1. The molecular weight excluding hydrogens is 372 g/mol. The Bertz CT molecular complexity index is 1030. The molecule has 3 atom stereocenters. The van der Waals surface area contributed by atoms with Gasteiger partial charge in [-0.3, -0.25) is 4.79 Å². The van der Waals surface area contributed by atoms with Crippen molar-refractivity contribution >= 4 is 5.78 Å². The Morgan fingerprint density at radius 1 is 1.27 bits per heavy atom. The average molecular weight is 399 g/mol. The number of nitriles is 1. The van der Waals surface area contributed by atoms with Gasteiger partial charge in [-0.25, -0.2) is 4.98 Å². The maximum atomic E-state index is 13.5. The van der Waals surface area contributed by atoms with Crippen molar-refractivity contribution in [2.75, 3.05) is 13.1 Å². The molecule has 30 heavy (non-hydrogen) atoms. The predicted octanol–water partition coefficient (Wildman–Crippen LogP) is 4.02. The van der Waals surface area contributed by atoms with Gasteiger partial charge < -0.3 is 10.3 Å². The number of carbonyl (C=O) groups excluding carboxylic acids is 1. The lowest BCUT2D eigenvalue weighted by Crippen LogP contribution is -2.43. The Balaban J connectivity index is 1.65. The van der Waals surface area contributed by atoms with Crippen molar-refractivity contribution in [3.05, 3.63) is 89.0 Å². The summed E-state index contributed by atoms with van der Waals surface area (Å²) in [5.41, 5.74) is 4.77. The van der Waals surface area contributed by atoms with Crippen LogP contribution in [-0.2, 0) is 6.42 Å². The maximum Gasteiger partial charge on any atom is 0.166 e. The molecule has 1 saturated heterocycles. The molecule has 0 saturated carbocycles. The molecule has 2 heterocycles. The first-order chi connectivity index (χ1) is 14.7. The van der Waals surface area contributed by atoms with Crippen LogP contribution in [0.25, 0.3) is 0 Å². The molecule has 5 nitrogen and oxygen atoms in total. The summed E-state index contributed by atoms with van der Waals surface area (Å²) in [6, 6.07) is 17.8. The van der Waals surface area contributed by atoms with E-state index in [1.807, 2.05) is 61.7 Å². The molecule has 0 amide bonds. The number of ketones is 1. The van der Waals surface area contributed by atoms with Crippen LogP contribution in [0.5, 0.6) is 0 Å². The third-order valence-corrected chi connectivity index (χ3v) is 6.14. The highest BCUT2D eigenvalue weighted by Crippen LogP contribution is 2.37. The molecule has 0 radical (unpaired) electrons. The van der Waals surface area contributed by atoms with E-state index in [2.05, 4.69) is 21.4 Å². The number of nitrogens with one attached hydrogen (secondary N) is 2. The minimum Gasteiger partial charge on any atom is -0.348 e. The van der Waals surface area contributed by atoms with Gasteiger partial charge in [0.1, 0.15) is 0 Å². The van der Waals surface area contributed by atoms with Crippen LogP contribution >= 0.6 is 0 Å². The quantitative estimate of drug-likeness (QED) is 0.615. The molecule has 152 valence electrons. The summed E-state index contributed by atoms with van der Waals surface area (Å²) in [6.45, 7) is 3.67. The van der Waals surface area contributed by atoms with E-state index < -0.39 is 0 Å². The Morgan fingerprint density at radius 2 is 2.10 bits per heavy atom. The number of hydrogen-bond donors (Lipinski definition) is 2. The van der Waals surface area contributed by atoms with Crippen molar-refractivity contribution in [1.82, 2.24) is 15.3 Å². The van der Waals surface area contributed by atoms with Crippen LogP contribution in [0.2, 0.25) is 0 Å². The van der Waals surface area contributed by atoms with Crippen molar-refractivity contribution in [3.63, 3.8) is 0 Å². The van der Waals surface area contributed by atoms with Gasteiger partial charge in [0.05, 0.1) is 18.0 Å². The second-order valence-electron chi connectivity index (χ2n) is 8.12. The normalized spacial score (nSPS) is 19.7. The van der Waals surface area contributed by atoms with Gasteiger partial charge in [-0.05, 0) is 62.5 Å². The number of aromatic amines is 1. The number of Topliss-reactive ketones (excluding diaryl/α,β-unsaturated/α-hetero) is 1. The summed E-state index contributed by atoms with van der Waals surface area (Å²) in [6.07, 6.45) is 5.19. The summed E-state index contributed by atoms with van der Waals surface area (Å²) in [5.74, 6) is 0.476. The summed E-state index contributed by atoms with van der Waals surface area (Å²) in [7, 11) is 0. The van der Waals surface area contributed by atoms with Crippen molar-refractivity contribution in [2.24, 2.45) is 11.8 Å². The zero-order chi connectivity index (χ0) is 20.9. The van der Waals surface area contributed by atoms with Crippen LogP contribution in [0.15, 0.2) is 61.1 Å². The van der Waals surface area contributed by atoms with E-state index in [9.17, 15) is 4.79 Å². The Kier molecular flexibility index (Phi) is 6.06. The van der Waals surface area contributed by atoms with Gasteiger partial charge >= 0.3 is 0 Å². The molecule has 3 unspecified atom stereocenters. The molecular formula is C25H26N4O. The maximum absolute atomic E-state index is 13.5. The second-order valence-corrected chi connectivity index (χ2v) is 8.12. The molecule has 0 aliphatic carbocycles. The zero-order valence-corrected chi connectivity index (χ0v) is 17.1. The van der Waals surface area contributed by atoms with E-state index >= 15 is 0 Å². The van der Waals surface area contributed by atoms with E-state index in [1.54, 1.807) is 6.33 Å². The average Bonchev–Trinajstić information content (AvgIpc) is 3.32. The minimum atomic E-state index is -0.0419. The lowest BCUT2D eigenvalue weighted by atomic mass is 9.71. The molecule has 1 aliphatic heterocycles. The van der Waals surface area contributed by atoms with Crippen molar-refractivity contribution < 1.29 is 4.79 Å². The second kappa shape index (κ2) is 9.06. The van der Waals surface area contributed by atoms with E-state index in [-0.39, 0.29) is 23.5 Å². The summed E-state index contributed by atoms with van der Waals surface area (Å²) < 4.78 is 0. The van der Waals surface area contributed by atoms with Gasteiger partial charge in [-0.1, -0.05) is 35.9 Å². The fourth-order valence-electron chi connectivity index (χ4n) is 4.57. The first-order valence-electron chi connectivity index (χ1n) is 10.4. The SMILES string of the molecule is Cc1cccc(C(=O)C2CCNCC2C(Cc2ccc(C#N)cc2)c2cnc[nH]2)c1. The lowest BCUT2D eigenvalue weighted by Gasteiger charge is -2.36. The minimum absolute atomic E-state index is 0.0419. The van der Waals surface area contributed by atoms with Gasteiger partial charge in [0.15, 0.2) is 5.78 Å². The third kappa shape index (κ3) is 4.34. The topological polar surface area (TPSA) is 81.6 Å². The predicted molar refractivity (Wildman–Crippen MR) is 116 cm³/mol. The van der Waals surface area contributed by atoms with Gasteiger partial charge in [0.25, 0.3) is 0 Å². The van der Waals surface area contributed by atoms with Gasteiger partial charge in [-0.2, -0.15) is 5.26 Å². The Labute approximate surface area is 177 Å². The van der Waals surface area contributed by atoms with Crippen molar-refractivity contribution in [3.8, 4) is 6.07 Å². The number of imidazole rings is 1. The van der Waals surface area contributed by atoms with Crippen LogP contribution in [-0.4, -0.2) is 28.8 Å². The molecule has 3 aromatic rings. The first-order valence-corrected chi connectivity index (χ1v) is 10.4. The number of aryl methyl sites for hydroxylation is 1. The van der Waals surface area contributed by atoms with Crippen molar-refractivity contribution in [2.45, 2.75) is 25.7 Å². The highest BCUT2D eigenvalue weighted by molar-refractivity contribution is 5.98. The van der Waals surface area contributed by atoms with Gasteiger partial charge in [0, 0.05) is 29.3 Å². The summed E-state index contributed by atoms with van der Waals surface area (Å²) in [4.78, 5) is 21.0. The molecule has 1 aromatic heterocycles. The number of aromatic nitrogens is 2. The van der Waals surface area contributed by atoms with Crippen LogP contribution in [0.3, 0.4) is 0 Å². The first kappa shape index (κ1) is 20.1. The largest absolute Gasteiger partial charge is 0.348 e. The molecule has 0 spiro atoms. The Morgan fingerprint density at radius 3 is 2.80 bits per heavy atom. The number of piperidine rings is 1. The van der Waals surface area contributed by atoms with E-state index in [0.717, 1.165) is 48.3 Å². The number of hydrogen-bond acceptors (Lipinski definition) is 4. The molecule has 2 N–H and O–H groups in total. The van der Waals surface area contributed by atoms with Crippen LogP contribution in [0, 0.1) is 30.1 Å². The smallest absolute Gasteiger partial charge is 0.166 e. The molecule has 1 aliphatic rings.